The van der Waals surface area contributed by atoms with Crippen LogP contribution in [-0.4, -0.2) is 36.1 Å². The number of hydrogen-bond donors (Lipinski definition) is 1. The van der Waals surface area contributed by atoms with Crippen LogP contribution in [0.2, 0.25) is 0 Å². The standard InChI is InChI=1S/C15H19N3.2ClH/c1-2-5-15-13(4-1)6-7-14(17-15)12-18-10-3-8-16-9-11-18;;/h1-2,4-7,16H,3,8-12H2;2*1H. The molecule has 110 valence electrons. The molecule has 0 aliphatic carbocycles. The van der Waals surface area contributed by atoms with Crippen LogP contribution in [0.25, 0.3) is 10.9 Å². The summed E-state index contributed by atoms with van der Waals surface area (Å²) in [6.07, 6.45) is 1.23. The van der Waals surface area contributed by atoms with Gasteiger partial charge in [0, 0.05) is 25.0 Å². The van der Waals surface area contributed by atoms with E-state index >= 15 is 0 Å². The number of hydrogen-bond acceptors (Lipinski definition) is 3. The highest BCUT2D eigenvalue weighted by Gasteiger charge is 2.09. The predicted octanol–water partition coefficient (Wildman–Crippen LogP) is 2.87. The normalized spacial score (nSPS) is 16.0. The molecule has 0 unspecified atom stereocenters. The van der Waals surface area contributed by atoms with Crippen molar-refractivity contribution in [3.05, 3.63) is 42.1 Å². The molecule has 0 amide bonds. The first-order valence-corrected chi connectivity index (χ1v) is 6.69. The molecule has 1 aliphatic heterocycles. The summed E-state index contributed by atoms with van der Waals surface area (Å²) >= 11 is 0. The molecule has 3 nitrogen and oxygen atoms in total. The Morgan fingerprint density at radius 1 is 1.00 bits per heavy atom. The predicted molar refractivity (Wildman–Crippen MR) is 89.0 cm³/mol. The molecule has 0 spiro atoms. The van der Waals surface area contributed by atoms with Crippen molar-refractivity contribution < 1.29 is 0 Å². The van der Waals surface area contributed by atoms with Crippen LogP contribution in [0, 0.1) is 0 Å². The Morgan fingerprint density at radius 3 is 2.75 bits per heavy atom. The van der Waals surface area contributed by atoms with Crippen LogP contribution in [0.5, 0.6) is 0 Å². The van der Waals surface area contributed by atoms with Crippen LogP contribution in [0.15, 0.2) is 36.4 Å². The molecule has 5 heteroatoms. The molecular weight excluding hydrogens is 293 g/mol. The van der Waals surface area contributed by atoms with E-state index in [2.05, 4.69) is 46.6 Å². The topological polar surface area (TPSA) is 28.2 Å². The van der Waals surface area contributed by atoms with Gasteiger partial charge in [0.1, 0.15) is 0 Å². The number of fused-ring (bicyclic) bond motifs is 1. The zero-order valence-corrected chi connectivity index (χ0v) is 13.1. The first kappa shape index (κ1) is 17.2. The highest BCUT2D eigenvalue weighted by Crippen LogP contribution is 2.13. The molecule has 2 aromatic rings. The number of aromatic nitrogens is 1. The monoisotopic (exact) mass is 313 g/mol. The van der Waals surface area contributed by atoms with E-state index in [9.17, 15) is 0 Å². The van der Waals surface area contributed by atoms with Gasteiger partial charge in [-0.15, -0.1) is 24.8 Å². The molecule has 0 bridgehead atoms. The van der Waals surface area contributed by atoms with E-state index in [0.717, 1.165) is 31.7 Å². The number of rotatable bonds is 2. The summed E-state index contributed by atoms with van der Waals surface area (Å²) in [5.74, 6) is 0. The van der Waals surface area contributed by atoms with E-state index in [1.807, 2.05) is 0 Å². The fourth-order valence-electron chi connectivity index (χ4n) is 2.49. The van der Waals surface area contributed by atoms with E-state index in [1.54, 1.807) is 0 Å². The van der Waals surface area contributed by atoms with E-state index < -0.39 is 0 Å². The summed E-state index contributed by atoms with van der Waals surface area (Å²) in [5, 5.41) is 4.65. The molecule has 3 rings (SSSR count). The molecule has 1 aromatic heterocycles. The Bertz CT molecular complexity index is 525. The Labute approximate surface area is 132 Å². The van der Waals surface area contributed by atoms with Crippen molar-refractivity contribution in [2.24, 2.45) is 0 Å². The van der Waals surface area contributed by atoms with Crippen molar-refractivity contribution >= 4 is 35.7 Å². The van der Waals surface area contributed by atoms with Crippen molar-refractivity contribution in [2.75, 3.05) is 26.2 Å². The van der Waals surface area contributed by atoms with Gasteiger partial charge < -0.3 is 5.32 Å². The Kier molecular flexibility index (Phi) is 7.24. The highest BCUT2D eigenvalue weighted by molar-refractivity contribution is 5.85. The van der Waals surface area contributed by atoms with Gasteiger partial charge in [0.15, 0.2) is 0 Å². The average molecular weight is 314 g/mol. The van der Waals surface area contributed by atoms with Gasteiger partial charge in [-0.1, -0.05) is 24.3 Å². The first-order chi connectivity index (χ1) is 8.92. The van der Waals surface area contributed by atoms with Crippen LogP contribution >= 0.6 is 24.8 Å². The Balaban J connectivity index is 0.000001000. The number of nitrogens with one attached hydrogen (secondary N) is 1. The lowest BCUT2D eigenvalue weighted by molar-refractivity contribution is 0.281. The minimum Gasteiger partial charge on any atom is -0.315 e. The van der Waals surface area contributed by atoms with E-state index in [-0.39, 0.29) is 24.8 Å². The molecule has 0 radical (unpaired) electrons. The maximum atomic E-state index is 4.74. The van der Waals surface area contributed by atoms with Gasteiger partial charge in [-0.25, -0.2) is 0 Å². The number of nitrogens with zero attached hydrogens (tertiary/aromatic N) is 2. The fourth-order valence-corrected chi connectivity index (χ4v) is 2.49. The molecule has 1 fully saturated rings. The summed E-state index contributed by atoms with van der Waals surface area (Å²) < 4.78 is 0. The number of para-hydroxylation sites is 1. The second kappa shape index (κ2) is 8.42. The molecule has 20 heavy (non-hydrogen) atoms. The van der Waals surface area contributed by atoms with E-state index in [1.165, 1.54) is 24.0 Å². The van der Waals surface area contributed by atoms with E-state index in [0.29, 0.717) is 0 Å². The molecule has 0 atom stereocenters. The quantitative estimate of drug-likeness (QED) is 0.924. The Hall–Kier alpha value is -0.870. The summed E-state index contributed by atoms with van der Waals surface area (Å²) in [6.45, 7) is 5.48. The number of benzene rings is 1. The molecule has 2 heterocycles. The molecule has 0 saturated carbocycles. The summed E-state index contributed by atoms with van der Waals surface area (Å²) in [5.41, 5.74) is 2.28. The zero-order chi connectivity index (χ0) is 12.2. The third kappa shape index (κ3) is 4.32. The van der Waals surface area contributed by atoms with Crippen molar-refractivity contribution in [3.63, 3.8) is 0 Å². The smallest absolute Gasteiger partial charge is 0.0705 e. The molecule has 1 aliphatic rings. The van der Waals surface area contributed by atoms with Gasteiger partial charge in [-0.3, -0.25) is 9.88 Å². The van der Waals surface area contributed by atoms with Gasteiger partial charge in [-0.05, 0) is 31.6 Å². The van der Waals surface area contributed by atoms with Gasteiger partial charge in [0.25, 0.3) is 0 Å². The molecule has 1 saturated heterocycles. The van der Waals surface area contributed by atoms with Gasteiger partial charge in [-0.2, -0.15) is 0 Å². The molecule has 1 aromatic carbocycles. The third-order valence-corrected chi connectivity index (χ3v) is 3.47. The van der Waals surface area contributed by atoms with Crippen LogP contribution in [0.4, 0.5) is 0 Å². The largest absolute Gasteiger partial charge is 0.315 e. The second-order valence-corrected chi connectivity index (χ2v) is 4.87. The first-order valence-electron chi connectivity index (χ1n) is 6.69. The van der Waals surface area contributed by atoms with Gasteiger partial charge in [0.05, 0.1) is 11.2 Å². The van der Waals surface area contributed by atoms with Crippen LogP contribution < -0.4 is 5.32 Å². The SMILES string of the molecule is Cl.Cl.c1ccc2nc(CN3CCCNCC3)ccc2c1. The number of halogens is 2. The van der Waals surface area contributed by atoms with E-state index in [4.69, 9.17) is 4.98 Å². The van der Waals surface area contributed by atoms with Crippen LogP contribution in [0.3, 0.4) is 0 Å². The number of pyridine rings is 1. The summed E-state index contributed by atoms with van der Waals surface area (Å²) in [7, 11) is 0. The summed E-state index contributed by atoms with van der Waals surface area (Å²) in [4.78, 5) is 7.22. The minimum atomic E-state index is 0. The minimum absolute atomic E-state index is 0. The van der Waals surface area contributed by atoms with Crippen LogP contribution in [-0.2, 0) is 6.54 Å². The Morgan fingerprint density at radius 2 is 1.85 bits per heavy atom. The molecule has 1 N–H and O–H groups in total. The third-order valence-electron chi connectivity index (χ3n) is 3.47. The molecular formula is C15H21Cl2N3. The van der Waals surface area contributed by atoms with Crippen molar-refractivity contribution in [1.29, 1.82) is 0 Å². The maximum absolute atomic E-state index is 4.74. The summed E-state index contributed by atoms with van der Waals surface area (Å²) in [6, 6.07) is 12.6. The average Bonchev–Trinajstić information content (AvgIpc) is 2.67. The van der Waals surface area contributed by atoms with Crippen molar-refractivity contribution in [2.45, 2.75) is 13.0 Å². The maximum Gasteiger partial charge on any atom is 0.0705 e. The van der Waals surface area contributed by atoms with Gasteiger partial charge >= 0.3 is 0 Å². The van der Waals surface area contributed by atoms with Crippen molar-refractivity contribution in [1.82, 2.24) is 15.2 Å². The zero-order valence-electron chi connectivity index (χ0n) is 11.4. The van der Waals surface area contributed by atoms with Crippen molar-refractivity contribution in [3.8, 4) is 0 Å². The second-order valence-electron chi connectivity index (χ2n) is 4.87. The van der Waals surface area contributed by atoms with Gasteiger partial charge in [0.2, 0.25) is 0 Å². The lowest BCUT2D eigenvalue weighted by atomic mass is 10.2. The van der Waals surface area contributed by atoms with Crippen LogP contribution in [0.1, 0.15) is 12.1 Å². The highest BCUT2D eigenvalue weighted by atomic mass is 35.5. The lowest BCUT2D eigenvalue weighted by Gasteiger charge is -2.18. The fraction of sp³-hybridized carbons (Fsp3) is 0.400. The lowest BCUT2D eigenvalue weighted by Crippen LogP contribution is -2.27.